The van der Waals surface area contributed by atoms with E-state index in [1.54, 1.807) is 0 Å². The van der Waals surface area contributed by atoms with E-state index in [0.29, 0.717) is 18.7 Å². The molecular formula is C18H30Cl2N4O4. The molecule has 1 atom stereocenters. The minimum atomic E-state index is -0.692. The number of hydrogen-bond donors (Lipinski definition) is 3. The fraction of sp³-hybridized carbons (Fsp3) is 0.556. The molecule has 1 heterocycles. The molecule has 4 N–H and O–H groups in total. The van der Waals surface area contributed by atoms with Gasteiger partial charge in [-0.2, -0.15) is 0 Å². The molecule has 1 aromatic rings. The third kappa shape index (κ3) is 9.68. The molecule has 8 nitrogen and oxygen atoms in total. The van der Waals surface area contributed by atoms with Gasteiger partial charge in [0.2, 0.25) is 11.8 Å². The maximum Gasteiger partial charge on any atom is 0.239 e. The fourth-order valence-corrected chi connectivity index (χ4v) is 2.64. The number of nitrogens with one attached hydrogen (secondary N) is 2. The Morgan fingerprint density at radius 2 is 2.00 bits per heavy atom. The highest BCUT2D eigenvalue weighted by Crippen LogP contribution is 2.11. The SMILES string of the molecule is COCC(N)C(=O)NCc1cccc(NC(=O)CCN2CCOCC2)c1.Cl.Cl. The molecule has 160 valence electrons. The molecular weight excluding hydrogens is 407 g/mol. The molecule has 0 radical (unpaired) electrons. The van der Waals surface area contributed by atoms with E-state index >= 15 is 0 Å². The molecule has 0 bridgehead atoms. The second-order valence-corrected chi connectivity index (χ2v) is 6.23. The number of morpholine rings is 1. The summed E-state index contributed by atoms with van der Waals surface area (Å²) in [6, 6.07) is 6.70. The van der Waals surface area contributed by atoms with E-state index in [2.05, 4.69) is 15.5 Å². The summed E-state index contributed by atoms with van der Waals surface area (Å²) in [5, 5.41) is 5.66. The number of carbonyl (C=O) groups is 2. The highest BCUT2D eigenvalue weighted by Gasteiger charge is 2.13. The van der Waals surface area contributed by atoms with Crippen LogP contribution < -0.4 is 16.4 Å². The Morgan fingerprint density at radius 1 is 1.29 bits per heavy atom. The van der Waals surface area contributed by atoms with Gasteiger partial charge in [-0.25, -0.2) is 0 Å². The number of rotatable bonds is 9. The van der Waals surface area contributed by atoms with E-state index in [1.807, 2.05) is 24.3 Å². The first kappa shape index (κ1) is 26.6. The molecule has 10 heteroatoms. The molecule has 0 saturated carbocycles. The van der Waals surface area contributed by atoms with Crippen molar-refractivity contribution in [1.29, 1.82) is 0 Å². The number of halogens is 2. The van der Waals surface area contributed by atoms with Crippen molar-refractivity contribution in [2.24, 2.45) is 5.73 Å². The summed E-state index contributed by atoms with van der Waals surface area (Å²) in [5.74, 6) is -0.299. The lowest BCUT2D eigenvalue weighted by atomic mass is 10.2. The monoisotopic (exact) mass is 436 g/mol. The van der Waals surface area contributed by atoms with Gasteiger partial charge in [-0.3, -0.25) is 14.5 Å². The van der Waals surface area contributed by atoms with Crippen molar-refractivity contribution in [2.75, 3.05) is 51.9 Å². The van der Waals surface area contributed by atoms with Crippen LogP contribution in [-0.4, -0.2) is 69.3 Å². The zero-order valence-corrected chi connectivity index (χ0v) is 17.7. The van der Waals surface area contributed by atoms with Gasteiger partial charge in [-0.05, 0) is 17.7 Å². The zero-order chi connectivity index (χ0) is 18.8. The second-order valence-electron chi connectivity index (χ2n) is 6.23. The molecule has 0 spiro atoms. The Kier molecular flexibility index (Phi) is 13.8. The summed E-state index contributed by atoms with van der Waals surface area (Å²) >= 11 is 0. The number of ether oxygens (including phenoxy) is 2. The van der Waals surface area contributed by atoms with Gasteiger partial charge in [-0.15, -0.1) is 24.8 Å². The summed E-state index contributed by atoms with van der Waals surface area (Å²) in [5.41, 5.74) is 7.27. The number of carbonyl (C=O) groups excluding carboxylic acids is 2. The molecule has 1 aromatic carbocycles. The van der Waals surface area contributed by atoms with E-state index < -0.39 is 6.04 Å². The maximum atomic E-state index is 12.1. The summed E-state index contributed by atoms with van der Waals surface area (Å²) in [6.07, 6.45) is 0.437. The molecule has 1 unspecified atom stereocenters. The van der Waals surface area contributed by atoms with Gasteiger partial charge in [0.25, 0.3) is 0 Å². The van der Waals surface area contributed by atoms with Gasteiger partial charge in [0, 0.05) is 45.4 Å². The number of nitrogens with two attached hydrogens (primary N) is 1. The van der Waals surface area contributed by atoms with E-state index in [4.69, 9.17) is 15.2 Å². The van der Waals surface area contributed by atoms with Crippen molar-refractivity contribution in [2.45, 2.75) is 19.0 Å². The van der Waals surface area contributed by atoms with Gasteiger partial charge in [0.1, 0.15) is 6.04 Å². The van der Waals surface area contributed by atoms with Gasteiger partial charge < -0.3 is 25.8 Å². The van der Waals surface area contributed by atoms with E-state index in [0.717, 1.165) is 38.4 Å². The number of hydrogen-bond acceptors (Lipinski definition) is 6. The number of amides is 2. The van der Waals surface area contributed by atoms with Crippen molar-refractivity contribution in [3.8, 4) is 0 Å². The highest BCUT2D eigenvalue weighted by atomic mass is 35.5. The van der Waals surface area contributed by atoms with Gasteiger partial charge in [0.15, 0.2) is 0 Å². The number of nitrogens with zero attached hydrogens (tertiary/aromatic N) is 1. The minimum Gasteiger partial charge on any atom is -0.383 e. The van der Waals surface area contributed by atoms with Crippen molar-refractivity contribution in [3.63, 3.8) is 0 Å². The summed E-state index contributed by atoms with van der Waals surface area (Å²) in [6.45, 7) is 4.43. The zero-order valence-electron chi connectivity index (χ0n) is 16.0. The van der Waals surface area contributed by atoms with Crippen molar-refractivity contribution >= 4 is 42.3 Å². The van der Waals surface area contributed by atoms with Crippen molar-refractivity contribution in [1.82, 2.24) is 10.2 Å². The molecule has 2 rings (SSSR count). The standard InChI is InChI=1S/C18H28N4O4.2ClH/c1-25-13-16(19)18(24)20-12-14-3-2-4-15(11-14)21-17(23)5-6-22-7-9-26-10-8-22;;/h2-4,11,16H,5-10,12-13,19H2,1H3,(H,20,24)(H,21,23);2*1H. The van der Waals surface area contributed by atoms with Crippen molar-refractivity contribution in [3.05, 3.63) is 29.8 Å². The Balaban J connectivity index is 0.00000364. The van der Waals surface area contributed by atoms with Crippen LogP contribution in [0.15, 0.2) is 24.3 Å². The largest absolute Gasteiger partial charge is 0.383 e. The topological polar surface area (TPSA) is 106 Å². The van der Waals surface area contributed by atoms with E-state index in [1.165, 1.54) is 7.11 Å². The Labute approximate surface area is 178 Å². The maximum absolute atomic E-state index is 12.1. The first-order valence-corrected chi connectivity index (χ1v) is 8.79. The van der Waals surface area contributed by atoms with Crippen LogP contribution in [0.3, 0.4) is 0 Å². The van der Waals surface area contributed by atoms with Crippen LogP contribution in [0.1, 0.15) is 12.0 Å². The molecule has 1 aliphatic heterocycles. The van der Waals surface area contributed by atoms with Crippen LogP contribution in [0, 0.1) is 0 Å². The van der Waals surface area contributed by atoms with Gasteiger partial charge in [0.05, 0.1) is 19.8 Å². The van der Waals surface area contributed by atoms with Crippen LogP contribution in [0.2, 0.25) is 0 Å². The van der Waals surface area contributed by atoms with Gasteiger partial charge >= 0.3 is 0 Å². The smallest absolute Gasteiger partial charge is 0.239 e. The Bertz CT molecular complexity index is 601. The summed E-state index contributed by atoms with van der Waals surface area (Å²) < 4.78 is 10.2. The molecule has 0 aliphatic carbocycles. The predicted molar refractivity (Wildman–Crippen MR) is 113 cm³/mol. The van der Waals surface area contributed by atoms with Crippen LogP contribution >= 0.6 is 24.8 Å². The summed E-state index contributed by atoms with van der Waals surface area (Å²) in [4.78, 5) is 26.2. The van der Waals surface area contributed by atoms with Crippen LogP contribution in [0.5, 0.6) is 0 Å². The lowest BCUT2D eigenvalue weighted by Gasteiger charge is -2.26. The van der Waals surface area contributed by atoms with Crippen molar-refractivity contribution < 1.29 is 19.1 Å². The molecule has 28 heavy (non-hydrogen) atoms. The molecule has 1 aliphatic rings. The Hall–Kier alpha value is -1.42. The normalized spacial score (nSPS) is 14.9. The van der Waals surface area contributed by atoms with E-state index in [-0.39, 0.29) is 43.2 Å². The number of methoxy groups -OCH3 is 1. The first-order chi connectivity index (χ1) is 12.6. The average molecular weight is 437 g/mol. The molecule has 2 amide bonds. The fourth-order valence-electron chi connectivity index (χ4n) is 2.64. The lowest BCUT2D eigenvalue weighted by Crippen LogP contribution is -2.43. The second kappa shape index (κ2) is 14.6. The quantitative estimate of drug-likeness (QED) is 0.528. The minimum absolute atomic E-state index is 0. The molecule has 1 fully saturated rings. The predicted octanol–water partition coefficient (Wildman–Crippen LogP) is 0.781. The number of benzene rings is 1. The molecule has 0 aromatic heterocycles. The average Bonchev–Trinajstić information content (AvgIpc) is 2.66. The highest BCUT2D eigenvalue weighted by molar-refractivity contribution is 5.90. The van der Waals surface area contributed by atoms with Crippen LogP contribution in [-0.2, 0) is 25.6 Å². The Morgan fingerprint density at radius 3 is 2.68 bits per heavy atom. The number of anilines is 1. The lowest BCUT2D eigenvalue weighted by molar-refractivity contribution is -0.123. The van der Waals surface area contributed by atoms with Gasteiger partial charge in [-0.1, -0.05) is 12.1 Å². The third-order valence-electron chi connectivity index (χ3n) is 4.12. The first-order valence-electron chi connectivity index (χ1n) is 8.79. The van der Waals surface area contributed by atoms with Crippen LogP contribution in [0.4, 0.5) is 5.69 Å². The molecule has 1 saturated heterocycles. The van der Waals surface area contributed by atoms with Crippen LogP contribution in [0.25, 0.3) is 0 Å². The summed E-state index contributed by atoms with van der Waals surface area (Å²) in [7, 11) is 1.50. The third-order valence-corrected chi connectivity index (χ3v) is 4.12. The van der Waals surface area contributed by atoms with E-state index in [9.17, 15) is 9.59 Å².